The molecule has 1 N–H and O–H groups in total. The van der Waals surface area contributed by atoms with E-state index in [4.69, 9.17) is 9.47 Å². The summed E-state index contributed by atoms with van der Waals surface area (Å²) in [5.74, 6) is -2.03. The highest BCUT2D eigenvalue weighted by atomic mass is 19.4. The number of rotatable bonds is 4. The van der Waals surface area contributed by atoms with E-state index in [2.05, 4.69) is 15.4 Å². The number of hydrogen-bond acceptors (Lipinski definition) is 7. The Morgan fingerprint density at radius 1 is 1.11 bits per heavy atom. The molecule has 3 heterocycles. The minimum atomic E-state index is -4.79. The molecule has 1 aliphatic rings. The lowest BCUT2D eigenvalue weighted by Gasteiger charge is -2.28. The number of aromatic nitrogens is 3. The molecule has 36 heavy (non-hydrogen) atoms. The van der Waals surface area contributed by atoms with Gasteiger partial charge in [0.05, 0.1) is 24.6 Å². The van der Waals surface area contributed by atoms with Gasteiger partial charge >= 0.3 is 18.4 Å². The molecule has 2 aromatic heterocycles. The molecule has 0 aromatic carbocycles. The van der Waals surface area contributed by atoms with Gasteiger partial charge in [0.15, 0.2) is 5.65 Å². The number of fused-ring (bicyclic) bond motifs is 1. The summed E-state index contributed by atoms with van der Waals surface area (Å²) >= 11 is 0. The average molecular weight is 514 g/mol. The quantitative estimate of drug-likeness (QED) is 0.657. The van der Waals surface area contributed by atoms with Gasteiger partial charge in [0.1, 0.15) is 17.2 Å². The molecule has 1 saturated heterocycles. The van der Waals surface area contributed by atoms with Crippen molar-refractivity contribution >= 4 is 23.7 Å². The molecule has 0 bridgehead atoms. The molecular formula is C23H30F3N5O5. The summed E-state index contributed by atoms with van der Waals surface area (Å²) in [6.45, 7) is 9.81. The number of carbonyl (C=O) groups excluding carboxylic acids is 3. The minimum absolute atomic E-state index is 0.0629. The van der Waals surface area contributed by atoms with E-state index >= 15 is 0 Å². The van der Waals surface area contributed by atoms with Crippen molar-refractivity contribution in [3.05, 3.63) is 29.7 Å². The molecule has 3 amide bonds. The van der Waals surface area contributed by atoms with Gasteiger partial charge in [-0.15, -0.1) is 0 Å². The number of nitrogens with one attached hydrogen (secondary N) is 1. The molecule has 0 radical (unpaired) electrons. The molecule has 2 unspecified atom stereocenters. The zero-order valence-corrected chi connectivity index (χ0v) is 21.0. The molecule has 2 atom stereocenters. The number of alkyl carbamates (subject to hydrolysis) is 1. The number of imidazole rings is 1. The van der Waals surface area contributed by atoms with Crippen LogP contribution in [0.4, 0.5) is 22.8 Å². The van der Waals surface area contributed by atoms with E-state index in [1.807, 2.05) is 0 Å². The fraction of sp³-hybridized carbons (Fsp3) is 0.609. The fourth-order valence-electron chi connectivity index (χ4n) is 3.73. The molecule has 13 heteroatoms. The van der Waals surface area contributed by atoms with Gasteiger partial charge in [-0.2, -0.15) is 18.3 Å². The summed E-state index contributed by atoms with van der Waals surface area (Å²) in [5, 5.41) is 6.78. The maximum Gasteiger partial charge on any atom is 0.417 e. The Kier molecular flexibility index (Phi) is 7.24. The summed E-state index contributed by atoms with van der Waals surface area (Å²) < 4.78 is 52.6. The van der Waals surface area contributed by atoms with Crippen molar-refractivity contribution in [1.82, 2.24) is 24.8 Å². The Hall–Kier alpha value is -3.38. The van der Waals surface area contributed by atoms with Crippen LogP contribution in [-0.4, -0.2) is 61.0 Å². The van der Waals surface area contributed by atoms with Gasteiger partial charge in [-0.05, 0) is 66.0 Å². The van der Waals surface area contributed by atoms with Gasteiger partial charge in [0.2, 0.25) is 5.91 Å². The number of nitrogens with zero attached hydrogens (tertiary/aromatic N) is 4. The summed E-state index contributed by atoms with van der Waals surface area (Å²) in [6, 6.07) is -0.672. The first kappa shape index (κ1) is 27.2. The second-order valence-corrected chi connectivity index (χ2v) is 10.6. The van der Waals surface area contributed by atoms with Crippen molar-refractivity contribution < 1.29 is 37.0 Å². The summed E-state index contributed by atoms with van der Waals surface area (Å²) in [6.07, 6.45) is -4.35. The van der Waals surface area contributed by atoms with E-state index in [-0.39, 0.29) is 17.9 Å². The van der Waals surface area contributed by atoms with Crippen molar-refractivity contribution in [2.24, 2.45) is 5.92 Å². The molecule has 3 rings (SSSR count). The smallest absolute Gasteiger partial charge is 0.417 e. The highest BCUT2D eigenvalue weighted by Gasteiger charge is 2.56. The van der Waals surface area contributed by atoms with Crippen LogP contribution in [0, 0.1) is 5.92 Å². The van der Waals surface area contributed by atoms with Crippen molar-refractivity contribution in [3.63, 3.8) is 0 Å². The highest BCUT2D eigenvalue weighted by molar-refractivity contribution is 5.96. The van der Waals surface area contributed by atoms with Crippen LogP contribution in [0.2, 0.25) is 0 Å². The zero-order chi connectivity index (χ0) is 27.1. The average Bonchev–Trinajstić information content (AvgIpc) is 3.24. The molecule has 1 fully saturated rings. The molecule has 0 saturated carbocycles. The van der Waals surface area contributed by atoms with Gasteiger partial charge < -0.3 is 14.8 Å². The number of alkyl halides is 3. The third-order valence-electron chi connectivity index (χ3n) is 5.10. The molecule has 0 aliphatic carbocycles. The van der Waals surface area contributed by atoms with Gasteiger partial charge in [0.25, 0.3) is 0 Å². The number of imide groups is 1. The standard InChI is InChI=1S/C23H30F3N5O5/c1-21(2,3)35-19(33)27-11-15-12-30-17(29-15)8-13(10-28-30)7-14-9-16(23(24,25)26)31(18(14)32)20(34)36-22(4,5)6/h8,10,12,14,16H,7,9,11H2,1-6H3,(H,27,33). The van der Waals surface area contributed by atoms with Crippen LogP contribution >= 0.6 is 0 Å². The Morgan fingerprint density at radius 3 is 2.33 bits per heavy atom. The SMILES string of the molecule is CC(C)(C)OC(=O)NCc1cn2ncc(CC3CC(C(F)(F)F)N(C(=O)OC(C)(C)C)C3=O)cc2n1. The molecule has 1 aliphatic heterocycles. The monoisotopic (exact) mass is 513 g/mol. The van der Waals surface area contributed by atoms with Crippen LogP contribution in [0.1, 0.15) is 59.2 Å². The summed E-state index contributed by atoms with van der Waals surface area (Å²) in [7, 11) is 0. The lowest BCUT2D eigenvalue weighted by atomic mass is 9.97. The van der Waals surface area contributed by atoms with Gasteiger partial charge in [-0.25, -0.2) is 24.0 Å². The Balaban J connectivity index is 1.73. The van der Waals surface area contributed by atoms with Crippen molar-refractivity contribution in [3.8, 4) is 0 Å². The largest absolute Gasteiger partial charge is 0.444 e. The van der Waals surface area contributed by atoms with Crippen molar-refractivity contribution in [2.75, 3.05) is 0 Å². The predicted octanol–water partition coefficient (Wildman–Crippen LogP) is 4.01. The topological polar surface area (TPSA) is 115 Å². The van der Waals surface area contributed by atoms with E-state index in [1.54, 1.807) is 33.0 Å². The maximum absolute atomic E-state index is 13.7. The number of carbonyl (C=O) groups is 3. The van der Waals surface area contributed by atoms with Gasteiger partial charge in [-0.1, -0.05) is 0 Å². The fourth-order valence-corrected chi connectivity index (χ4v) is 3.73. The second kappa shape index (κ2) is 9.58. The molecule has 198 valence electrons. The normalized spacial score (nSPS) is 19.0. The molecular weight excluding hydrogens is 483 g/mol. The van der Waals surface area contributed by atoms with Crippen LogP contribution in [0.25, 0.3) is 5.65 Å². The third kappa shape index (κ3) is 6.85. The zero-order valence-electron chi connectivity index (χ0n) is 21.0. The number of ether oxygens (including phenoxy) is 2. The number of likely N-dealkylation sites (tertiary alicyclic amines) is 1. The summed E-state index contributed by atoms with van der Waals surface area (Å²) in [4.78, 5) is 41.6. The third-order valence-corrected chi connectivity index (χ3v) is 5.10. The molecule has 0 spiro atoms. The molecule has 2 aromatic rings. The van der Waals surface area contributed by atoms with Gasteiger partial charge in [0, 0.05) is 5.92 Å². The second-order valence-electron chi connectivity index (χ2n) is 10.6. The van der Waals surface area contributed by atoms with E-state index in [0.717, 1.165) is 0 Å². The predicted molar refractivity (Wildman–Crippen MR) is 121 cm³/mol. The number of hydrogen-bond donors (Lipinski definition) is 1. The first-order chi connectivity index (χ1) is 16.4. The van der Waals surface area contributed by atoms with Gasteiger partial charge in [-0.3, -0.25) is 4.79 Å². The first-order valence-electron chi connectivity index (χ1n) is 11.4. The van der Waals surface area contributed by atoms with Crippen LogP contribution < -0.4 is 5.32 Å². The first-order valence-corrected chi connectivity index (χ1v) is 11.4. The minimum Gasteiger partial charge on any atom is -0.444 e. The Bertz CT molecular complexity index is 1150. The van der Waals surface area contributed by atoms with Crippen LogP contribution in [0.3, 0.4) is 0 Å². The van der Waals surface area contributed by atoms with Crippen LogP contribution in [0.15, 0.2) is 18.5 Å². The number of halogens is 3. The summed E-state index contributed by atoms with van der Waals surface area (Å²) in [5.41, 5.74) is -0.366. The molecule has 10 nitrogen and oxygen atoms in total. The maximum atomic E-state index is 13.7. The van der Waals surface area contributed by atoms with Crippen molar-refractivity contribution in [2.45, 2.75) is 84.3 Å². The highest BCUT2D eigenvalue weighted by Crippen LogP contribution is 2.38. The van der Waals surface area contributed by atoms with E-state index in [1.165, 1.54) is 31.5 Å². The Labute approximate surface area is 206 Å². The van der Waals surface area contributed by atoms with Crippen LogP contribution in [0.5, 0.6) is 0 Å². The van der Waals surface area contributed by atoms with Crippen LogP contribution in [-0.2, 0) is 27.2 Å². The lowest BCUT2D eigenvalue weighted by molar-refractivity contribution is -0.177. The van der Waals surface area contributed by atoms with E-state index < -0.39 is 53.9 Å². The Morgan fingerprint density at radius 2 is 1.75 bits per heavy atom. The number of amides is 3. The van der Waals surface area contributed by atoms with E-state index in [0.29, 0.717) is 16.9 Å². The lowest BCUT2D eigenvalue weighted by Crippen LogP contribution is -2.48. The van der Waals surface area contributed by atoms with E-state index in [9.17, 15) is 27.6 Å². The van der Waals surface area contributed by atoms with Crippen molar-refractivity contribution in [1.29, 1.82) is 0 Å².